The fourth-order valence-electron chi connectivity index (χ4n) is 1.84. The maximum absolute atomic E-state index is 11.6. The summed E-state index contributed by atoms with van der Waals surface area (Å²) >= 11 is 0. The first-order valence-electron chi connectivity index (χ1n) is 6.05. The zero-order valence-electron chi connectivity index (χ0n) is 10.0. The van der Waals surface area contributed by atoms with E-state index in [1.807, 2.05) is 0 Å². The predicted octanol–water partition coefficient (Wildman–Crippen LogP) is 1.55. The summed E-state index contributed by atoms with van der Waals surface area (Å²) in [7, 11) is 0. The molecule has 0 aromatic heterocycles. The first kappa shape index (κ1) is 10.5. The lowest BCUT2D eigenvalue weighted by molar-refractivity contribution is -0.141. The summed E-state index contributed by atoms with van der Waals surface area (Å²) in [5, 5.41) is 11.0. The zero-order chi connectivity index (χ0) is 12.1. The molecule has 0 heterocycles. The number of carbonyl (C=O) groups is 2. The fourth-order valence-corrected chi connectivity index (χ4v) is 1.84. The molecular formula is C11H19NO3. The average Bonchev–Trinajstić information content (AvgIpc) is 2.28. The van der Waals surface area contributed by atoms with Crippen LogP contribution in [-0.2, 0) is 9.59 Å². The highest BCUT2D eigenvalue weighted by atomic mass is 16.4. The molecule has 0 aromatic carbocycles. The van der Waals surface area contributed by atoms with Crippen molar-refractivity contribution in [3.8, 4) is 0 Å². The number of carbonyl (C=O) groups excluding carboxylic acids is 1. The van der Waals surface area contributed by atoms with Crippen LogP contribution in [0.5, 0.6) is 0 Å². The molecule has 1 amide bonds. The van der Waals surface area contributed by atoms with Crippen LogP contribution >= 0.6 is 0 Å². The van der Waals surface area contributed by atoms with E-state index in [2.05, 4.69) is 5.32 Å². The van der Waals surface area contributed by atoms with Crippen LogP contribution in [0.3, 0.4) is 0 Å². The third-order valence-electron chi connectivity index (χ3n) is 2.77. The van der Waals surface area contributed by atoms with Gasteiger partial charge in [-0.3, -0.25) is 9.59 Å². The number of carboxylic acid groups (broad SMARTS) is 1. The minimum atomic E-state index is -1.07. The quantitative estimate of drug-likeness (QED) is 0.746. The predicted molar refractivity (Wildman–Crippen MR) is 56.4 cm³/mol. The van der Waals surface area contributed by atoms with Crippen molar-refractivity contribution in [2.75, 3.05) is 0 Å². The van der Waals surface area contributed by atoms with Crippen LogP contribution in [-0.4, -0.2) is 23.0 Å². The van der Waals surface area contributed by atoms with Crippen molar-refractivity contribution in [3.05, 3.63) is 0 Å². The molecule has 15 heavy (non-hydrogen) atoms. The third kappa shape index (κ3) is 4.32. The molecule has 0 radical (unpaired) electrons. The molecule has 0 aliphatic heterocycles. The number of rotatable bonds is 4. The topological polar surface area (TPSA) is 66.4 Å². The van der Waals surface area contributed by atoms with E-state index in [1.54, 1.807) is 0 Å². The molecule has 2 N–H and O–H groups in total. The molecule has 4 heteroatoms. The van der Waals surface area contributed by atoms with Gasteiger partial charge in [-0.05, 0) is 25.7 Å². The number of nitrogens with one attached hydrogen (secondary N) is 1. The van der Waals surface area contributed by atoms with Gasteiger partial charge in [0.1, 0.15) is 6.04 Å². The molecule has 1 saturated carbocycles. The smallest absolute Gasteiger partial charge is 0.325 e. The van der Waals surface area contributed by atoms with Crippen molar-refractivity contribution in [2.24, 2.45) is 5.92 Å². The Morgan fingerprint density at radius 3 is 2.60 bits per heavy atom. The fraction of sp³-hybridized carbons (Fsp3) is 0.818. The Labute approximate surface area is 91.5 Å². The second-order valence-corrected chi connectivity index (χ2v) is 4.13. The number of aliphatic carboxylic acids is 1. The first-order valence-corrected chi connectivity index (χ1v) is 5.48. The molecule has 0 bridgehead atoms. The SMILES string of the molecule is [2H]C(C(=O)N[C@@H](C)C(=O)O)C1CCCCC1. The number of hydrogen-bond acceptors (Lipinski definition) is 2. The molecule has 86 valence electrons. The van der Waals surface area contributed by atoms with Gasteiger partial charge in [0, 0.05) is 7.77 Å². The van der Waals surface area contributed by atoms with E-state index >= 15 is 0 Å². The molecular weight excluding hydrogens is 194 g/mol. The van der Waals surface area contributed by atoms with Crippen LogP contribution in [0.2, 0.25) is 0 Å². The summed E-state index contributed by atoms with van der Waals surface area (Å²) in [6.07, 6.45) is 4.31. The van der Waals surface area contributed by atoms with Crippen LogP contribution in [0.4, 0.5) is 0 Å². The molecule has 1 fully saturated rings. The van der Waals surface area contributed by atoms with Crippen molar-refractivity contribution in [3.63, 3.8) is 0 Å². The minimum Gasteiger partial charge on any atom is -0.480 e. The van der Waals surface area contributed by atoms with Gasteiger partial charge < -0.3 is 10.4 Å². The van der Waals surface area contributed by atoms with Crippen LogP contribution in [0, 0.1) is 5.92 Å². The van der Waals surface area contributed by atoms with E-state index in [0.29, 0.717) is 0 Å². The number of carboxylic acids is 1. The van der Waals surface area contributed by atoms with E-state index in [-0.39, 0.29) is 5.92 Å². The van der Waals surface area contributed by atoms with Gasteiger partial charge in [-0.25, -0.2) is 0 Å². The summed E-state index contributed by atoms with van der Waals surface area (Å²) in [4.78, 5) is 22.2. The van der Waals surface area contributed by atoms with Gasteiger partial charge in [-0.2, -0.15) is 0 Å². The van der Waals surface area contributed by atoms with Crippen LogP contribution in [0.15, 0.2) is 0 Å². The lowest BCUT2D eigenvalue weighted by atomic mass is 9.87. The van der Waals surface area contributed by atoms with Crippen molar-refractivity contribution in [2.45, 2.75) is 51.5 Å². The highest BCUT2D eigenvalue weighted by Gasteiger charge is 2.19. The van der Waals surface area contributed by atoms with Crippen LogP contribution < -0.4 is 5.32 Å². The van der Waals surface area contributed by atoms with Gasteiger partial charge in [-0.15, -0.1) is 0 Å². The molecule has 1 rings (SSSR count). The highest BCUT2D eigenvalue weighted by molar-refractivity contribution is 5.83. The van der Waals surface area contributed by atoms with E-state index < -0.39 is 24.3 Å². The van der Waals surface area contributed by atoms with Crippen molar-refractivity contribution in [1.29, 1.82) is 0 Å². The Bertz CT molecular complexity index is 264. The Hall–Kier alpha value is -1.06. The normalized spacial score (nSPS) is 22.6. The standard InChI is InChI=1S/C11H19NO3/c1-8(11(14)15)12-10(13)7-9-5-3-2-4-6-9/h8-9H,2-7H2,1H3,(H,12,13)(H,14,15)/t8-/m0/s1/i7D/t7?,8-. The minimum absolute atomic E-state index is 0.0924. The summed E-state index contributed by atoms with van der Waals surface area (Å²) < 4.78 is 7.80. The highest BCUT2D eigenvalue weighted by Crippen LogP contribution is 2.25. The Balaban J connectivity index is 2.43. The lowest BCUT2D eigenvalue weighted by Crippen LogP contribution is -2.39. The summed E-state index contributed by atoms with van der Waals surface area (Å²) in [5.74, 6) is -1.43. The van der Waals surface area contributed by atoms with E-state index in [4.69, 9.17) is 6.48 Å². The van der Waals surface area contributed by atoms with Crippen molar-refractivity contribution >= 4 is 11.9 Å². The number of hydrogen-bond donors (Lipinski definition) is 2. The largest absolute Gasteiger partial charge is 0.480 e. The molecule has 1 aliphatic carbocycles. The molecule has 0 aromatic rings. The van der Waals surface area contributed by atoms with Crippen LogP contribution in [0.1, 0.15) is 46.8 Å². The molecule has 1 aliphatic rings. The van der Waals surface area contributed by atoms with Crippen molar-refractivity contribution in [1.82, 2.24) is 5.32 Å². The van der Waals surface area contributed by atoms with Gasteiger partial charge in [0.2, 0.25) is 5.91 Å². The maximum Gasteiger partial charge on any atom is 0.325 e. The molecule has 4 nitrogen and oxygen atoms in total. The Morgan fingerprint density at radius 2 is 2.07 bits per heavy atom. The monoisotopic (exact) mass is 214 g/mol. The Morgan fingerprint density at radius 1 is 1.47 bits per heavy atom. The van der Waals surface area contributed by atoms with Gasteiger partial charge >= 0.3 is 5.97 Å². The van der Waals surface area contributed by atoms with Crippen LogP contribution in [0.25, 0.3) is 0 Å². The van der Waals surface area contributed by atoms with Crippen molar-refractivity contribution < 1.29 is 16.1 Å². The number of amides is 1. The van der Waals surface area contributed by atoms with Gasteiger partial charge in [0.15, 0.2) is 0 Å². The summed E-state index contributed by atoms with van der Waals surface area (Å²) in [6, 6.07) is -0.913. The molecule has 1 unspecified atom stereocenters. The van der Waals surface area contributed by atoms with Gasteiger partial charge in [0.25, 0.3) is 0 Å². The molecule has 0 saturated heterocycles. The van der Waals surface area contributed by atoms with E-state index in [0.717, 1.165) is 25.7 Å². The zero-order valence-corrected chi connectivity index (χ0v) is 9.03. The maximum atomic E-state index is 11.6. The van der Waals surface area contributed by atoms with Gasteiger partial charge in [0.05, 0.1) is 0 Å². The van der Waals surface area contributed by atoms with Gasteiger partial charge in [-0.1, -0.05) is 19.3 Å². The molecule has 0 spiro atoms. The summed E-state index contributed by atoms with van der Waals surface area (Å²) in [6.45, 7) is 1.41. The van der Waals surface area contributed by atoms with E-state index in [1.165, 1.54) is 13.3 Å². The third-order valence-corrected chi connectivity index (χ3v) is 2.77. The average molecular weight is 214 g/mol. The van der Waals surface area contributed by atoms with E-state index in [9.17, 15) is 9.59 Å². The lowest BCUT2D eigenvalue weighted by Gasteiger charge is -2.21. The second kappa shape index (κ2) is 5.73. The first-order chi connectivity index (χ1) is 7.52. The second-order valence-electron chi connectivity index (χ2n) is 4.13. The summed E-state index contributed by atoms with van der Waals surface area (Å²) in [5.41, 5.74) is 0. The molecule has 2 atom stereocenters. The Kier molecular flexibility index (Phi) is 4.00.